The number of aromatic nitrogens is 2. The monoisotopic (exact) mass is 289 g/mol. The predicted molar refractivity (Wildman–Crippen MR) is 75.7 cm³/mol. The van der Waals surface area contributed by atoms with Crippen molar-refractivity contribution >= 4 is 5.97 Å². The van der Waals surface area contributed by atoms with Gasteiger partial charge in [0.2, 0.25) is 0 Å². The number of carbonyl (C=O) groups is 1. The third kappa shape index (κ3) is 3.13. The third-order valence-electron chi connectivity index (χ3n) is 4.25. The van der Waals surface area contributed by atoms with E-state index < -0.39 is 11.5 Å². The summed E-state index contributed by atoms with van der Waals surface area (Å²) in [6, 6.07) is 2.31. The van der Waals surface area contributed by atoms with Crippen molar-refractivity contribution in [1.82, 2.24) is 10.2 Å². The molecule has 21 heavy (non-hydrogen) atoms. The summed E-state index contributed by atoms with van der Waals surface area (Å²) in [6.45, 7) is 5.33. The topological polar surface area (TPSA) is 95.8 Å². The SMILES string of the molecule is Cc1n[nH]c(=O)c(C(=O)OC2CCC(C)(C#N)CC2)c1C. The molecule has 0 radical (unpaired) electrons. The number of carbonyl (C=O) groups excluding carboxylic acids is 1. The van der Waals surface area contributed by atoms with Crippen LogP contribution in [0.3, 0.4) is 0 Å². The summed E-state index contributed by atoms with van der Waals surface area (Å²) in [7, 11) is 0. The van der Waals surface area contributed by atoms with Crippen LogP contribution < -0.4 is 5.56 Å². The van der Waals surface area contributed by atoms with Crippen molar-refractivity contribution in [3.8, 4) is 6.07 Å². The standard InChI is InChI=1S/C15H19N3O3/c1-9-10(2)17-18-13(19)12(9)14(20)21-11-4-6-15(3,8-16)7-5-11/h11H,4-7H2,1-3H3,(H,18,19). The molecule has 1 fully saturated rings. The first kappa shape index (κ1) is 15.2. The van der Waals surface area contributed by atoms with E-state index in [4.69, 9.17) is 10.00 Å². The number of hydrogen-bond acceptors (Lipinski definition) is 5. The molecule has 1 aliphatic rings. The van der Waals surface area contributed by atoms with E-state index in [9.17, 15) is 9.59 Å². The number of nitriles is 1. The first-order valence-electron chi connectivity index (χ1n) is 7.04. The molecule has 0 saturated heterocycles. The Labute approximate surface area is 123 Å². The summed E-state index contributed by atoms with van der Waals surface area (Å²) in [4.78, 5) is 24.0. The molecule has 6 heteroatoms. The second kappa shape index (κ2) is 5.68. The van der Waals surface area contributed by atoms with E-state index in [2.05, 4.69) is 16.3 Å². The van der Waals surface area contributed by atoms with E-state index in [1.54, 1.807) is 13.8 Å². The summed E-state index contributed by atoms with van der Waals surface area (Å²) >= 11 is 0. The molecule has 1 aromatic heterocycles. The van der Waals surface area contributed by atoms with Crippen molar-refractivity contribution in [3.05, 3.63) is 27.2 Å². The Morgan fingerprint density at radius 2 is 2.05 bits per heavy atom. The highest BCUT2D eigenvalue weighted by molar-refractivity contribution is 5.90. The van der Waals surface area contributed by atoms with Crippen molar-refractivity contribution in [2.75, 3.05) is 0 Å². The molecule has 0 spiro atoms. The minimum atomic E-state index is -0.607. The van der Waals surface area contributed by atoms with Gasteiger partial charge in [0, 0.05) is 0 Å². The second-order valence-corrected chi connectivity index (χ2v) is 5.92. The van der Waals surface area contributed by atoms with Crippen LogP contribution in [0.4, 0.5) is 0 Å². The van der Waals surface area contributed by atoms with Crippen LogP contribution in [0.25, 0.3) is 0 Å². The zero-order chi connectivity index (χ0) is 15.6. The van der Waals surface area contributed by atoms with Crippen LogP contribution >= 0.6 is 0 Å². The first-order chi connectivity index (χ1) is 9.86. The number of esters is 1. The van der Waals surface area contributed by atoms with E-state index in [-0.39, 0.29) is 17.1 Å². The van der Waals surface area contributed by atoms with Crippen LogP contribution in [-0.4, -0.2) is 22.3 Å². The first-order valence-corrected chi connectivity index (χ1v) is 7.04. The molecule has 0 aromatic carbocycles. The highest BCUT2D eigenvalue weighted by Crippen LogP contribution is 2.36. The van der Waals surface area contributed by atoms with Crippen molar-refractivity contribution in [2.24, 2.45) is 5.41 Å². The van der Waals surface area contributed by atoms with Gasteiger partial charge in [-0.15, -0.1) is 0 Å². The van der Waals surface area contributed by atoms with Crippen molar-refractivity contribution < 1.29 is 9.53 Å². The van der Waals surface area contributed by atoms with Gasteiger partial charge < -0.3 is 4.74 Å². The largest absolute Gasteiger partial charge is 0.459 e. The number of hydrogen-bond donors (Lipinski definition) is 1. The van der Waals surface area contributed by atoms with Gasteiger partial charge in [-0.05, 0) is 52.0 Å². The minimum Gasteiger partial charge on any atom is -0.459 e. The summed E-state index contributed by atoms with van der Waals surface area (Å²) in [5.41, 5.74) is 0.310. The molecule has 112 valence electrons. The van der Waals surface area contributed by atoms with Crippen molar-refractivity contribution in [3.63, 3.8) is 0 Å². The van der Waals surface area contributed by atoms with Gasteiger partial charge in [-0.1, -0.05) is 0 Å². The van der Waals surface area contributed by atoms with E-state index >= 15 is 0 Å². The fourth-order valence-corrected chi connectivity index (χ4v) is 2.54. The maximum absolute atomic E-state index is 12.2. The molecule has 1 aliphatic carbocycles. The van der Waals surface area contributed by atoms with Crippen LogP contribution in [0.2, 0.25) is 0 Å². The summed E-state index contributed by atoms with van der Waals surface area (Å²) in [5.74, 6) is -0.607. The second-order valence-electron chi connectivity index (χ2n) is 5.92. The van der Waals surface area contributed by atoms with Gasteiger partial charge in [0.15, 0.2) is 0 Å². The highest BCUT2D eigenvalue weighted by atomic mass is 16.5. The Morgan fingerprint density at radius 3 is 2.62 bits per heavy atom. The Kier molecular flexibility index (Phi) is 4.12. The van der Waals surface area contributed by atoms with E-state index in [1.807, 2.05) is 6.92 Å². The lowest BCUT2D eigenvalue weighted by atomic mass is 9.76. The van der Waals surface area contributed by atoms with Crippen LogP contribution in [-0.2, 0) is 4.74 Å². The third-order valence-corrected chi connectivity index (χ3v) is 4.25. The summed E-state index contributed by atoms with van der Waals surface area (Å²) in [5, 5.41) is 15.2. The molecule has 1 saturated carbocycles. The maximum Gasteiger partial charge on any atom is 0.344 e. The van der Waals surface area contributed by atoms with Crippen molar-refractivity contribution in [1.29, 1.82) is 5.26 Å². The molecule has 6 nitrogen and oxygen atoms in total. The molecular weight excluding hydrogens is 270 g/mol. The number of H-pyrrole nitrogens is 1. The molecule has 0 amide bonds. The molecule has 0 aliphatic heterocycles. The number of aryl methyl sites for hydroxylation is 1. The zero-order valence-corrected chi connectivity index (χ0v) is 12.5. The van der Waals surface area contributed by atoms with Gasteiger partial charge in [0.25, 0.3) is 5.56 Å². The minimum absolute atomic E-state index is 0.0242. The maximum atomic E-state index is 12.2. The number of nitrogens with zero attached hydrogens (tertiary/aromatic N) is 2. The lowest BCUT2D eigenvalue weighted by Gasteiger charge is -2.31. The highest BCUT2D eigenvalue weighted by Gasteiger charge is 2.33. The van der Waals surface area contributed by atoms with Gasteiger partial charge >= 0.3 is 5.97 Å². The fourth-order valence-electron chi connectivity index (χ4n) is 2.54. The number of ether oxygens (including phenoxy) is 1. The van der Waals surface area contributed by atoms with Crippen LogP contribution in [0.5, 0.6) is 0 Å². The molecule has 0 atom stereocenters. The van der Waals surface area contributed by atoms with Crippen LogP contribution in [0.15, 0.2) is 4.79 Å². The lowest BCUT2D eigenvalue weighted by molar-refractivity contribution is 0.0127. The molecule has 1 aromatic rings. The van der Waals surface area contributed by atoms with Crippen molar-refractivity contribution in [2.45, 2.75) is 52.6 Å². The van der Waals surface area contributed by atoms with E-state index in [0.717, 1.165) is 0 Å². The Morgan fingerprint density at radius 1 is 1.43 bits per heavy atom. The van der Waals surface area contributed by atoms with E-state index in [0.29, 0.717) is 36.9 Å². The zero-order valence-electron chi connectivity index (χ0n) is 12.5. The van der Waals surface area contributed by atoms with Gasteiger partial charge in [-0.2, -0.15) is 10.4 Å². The van der Waals surface area contributed by atoms with Crippen LogP contribution in [0, 0.1) is 30.6 Å². The van der Waals surface area contributed by atoms with Crippen LogP contribution in [0.1, 0.15) is 54.2 Å². The fraction of sp³-hybridized carbons (Fsp3) is 0.600. The summed E-state index contributed by atoms with van der Waals surface area (Å²) in [6.07, 6.45) is 2.47. The lowest BCUT2D eigenvalue weighted by Crippen LogP contribution is -2.31. The average Bonchev–Trinajstić information content (AvgIpc) is 2.46. The number of nitrogens with one attached hydrogen (secondary N) is 1. The number of rotatable bonds is 2. The molecule has 0 bridgehead atoms. The molecule has 1 heterocycles. The Hall–Kier alpha value is -2.16. The Bertz CT molecular complexity index is 649. The average molecular weight is 289 g/mol. The van der Waals surface area contributed by atoms with E-state index in [1.165, 1.54) is 0 Å². The van der Waals surface area contributed by atoms with Gasteiger partial charge in [0.05, 0.1) is 17.2 Å². The smallest absolute Gasteiger partial charge is 0.344 e. The molecule has 1 N–H and O–H groups in total. The van der Waals surface area contributed by atoms with Gasteiger partial charge in [-0.3, -0.25) is 4.79 Å². The Balaban J connectivity index is 2.09. The van der Waals surface area contributed by atoms with Gasteiger partial charge in [-0.25, -0.2) is 9.89 Å². The predicted octanol–water partition coefficient (Wildman–Crippen LogP) is 2.02. The van der Waals surface area contributed by atoms with Gasteiger partial charge in [0.1, 0.15) is 11.7 Å². The molecule has 0 unspecified atom stereocenters. The molecule has 2 rings (SSSR count). The number of aromatic amines is 1. The quantitative estimate of drug-likeness (QED) is 0.840. The summed E-state index contributed by atoms with van der Waals surface area (Å²) < 4.78 is 5.44. The normalized spacial score (nSPS) is 25.1. The molecular formula is C15H19N3O3.